The summed E-state index contributed by atoms with van der Waals surface area (Å²) in [7, 11) is 0. The van der Waals surface area contributed by atoms with Crippen molar-refractivity contribution in [2.75, 3.05) is 0 Å². The van der Waals surface area contributed by atoms with Gasteiger partial charge >= 0.3 is 277 Å². The van der Waals surface area contributed by atoms with Gasteiger partial charge in [-0.05, 0) is 0 Å². The Bertz CT molecular complexity index is 1580. The molecule has 44 heavy (non-hydrogen) atoms. The first-order valence-electron chi connectivity index (χ1n) is 17.2. The van der Waals surface area contributed by atoms with Gasteiger partial charge in [0.05, 0.1) is 0 Å². The molecule has 0 N–H and O–H groups in total. The molecule has 2 heteroatoms. The van der Waals surface area contributed by atoms with Crippen LogP contribution in [0.1, 0.15) is 94.1 Å². The predicted molar refractivity (Wildman–Crippen MR) is 193 cm³/mol. The van der Waals surface area contributed by atoms with Gasteiger partial charge in [-0.25, -0.2) is 0 Å². The van der Waals surface area contributed by atoms with Crippen LogP contribution in [0.5, 0.6) is 0 Å². The van der Waals surface area contributed by atoms with E-state index in [1.165, 1.54) is 59.1 Å². The van der Waals surface area contributed by atoms with Crippen molar-refractivity contribution in [3.63, 3.8) is 0 Å². The average Bonchev–Trinajstić information content (AvgIpc) is 3.59. The van der Waals surface area contributed by atoms with Crippen LogP contribution in [0.3, 0.4) is 0 Å². The van der Waals surface area contributed by atoms with Gasteiger partial charge < -0.3 is 0 Å². The van der Waals surface area contributed by atoms with Gasteiger partial charge in [-0.1, -0.05) is 0 Å². The van der Waals surface area contributed by atoms with Crippen LogP contribution in [-0.4, -0.2) is 5.98 Å². The molecule has 0 heterocycles. The summed E-state index contributed by atoms with van der Waals surface area (Å²) in [5.74, 6) is -0.916. The molecule has 6 rings (SSSR count). The van der Waals surface area contributed by atoms with E-state index < -0.39 is 26.6 Å². The van der Waals surface area contributed by atoms with Crippen molar-refractivity contribution >= 4 is 18.1 Å². The molecule has 0 saturated heterocycles. The Balaban J connectivity index is 1.53. The number of rotatable bonds is 11. The molecule has 4 aromatic rings. The van der Waals surface area contributed by atoms with E-state index in [2.05, 4.69) is 138 Å². The number of benzene rings is 4. The topological polar surface area (TPSA) is 0 Å². The Hall–Kier alpha value is -2.55. The first kappa shape index (κ1) is 31.4. The molecule has 0 radical (unpaired) electrons. The summed E-state index contributed by atoms with van der Waals surface area (Å²) in [4.78, 5) is 0. The second kappa shape index (κ2) is 13.8. The van der Waals surface area contributed by atoms with Gasteiger partial charge in [0.15, 0.2) is 0 Å². The van der Waals surface area contributed by atoms with E-state index in [0.717, 1.165) is 12.8 Å². The first-order valence-corrected chi connectivity index (χ1v) is 30.5. The Morgan fingerprint density at radius 2 is 0.932 bits per heavy atom. The molecule has 0 aromatic heterocycles. The molecule has 0 bridgehead atoms. The molecule has 0 amide bonds. The normalized spacial score (nSPS) is 17.0. The average molecular weight is 760 g/mol. The van der Waals surface area contributed by atoms with Gasteiger partial charge in [-0.3, -0.25) is 0 Å². The Labute approximate surface area is 275 Å². The maximum absolute atomic E-state index is 2.72. The molecular formula is C42H49HfSi. The molecule has 0 fully saturated rings. The van der Waals surface area contributed by atoms with Crippen molar-refractivity contribution in [3.05, 3.63) is 129 Å². The summed E-state index contributed by atoms with van der Waals surface area (Å²) >= 11 is -2.38. The summed E-state index contributed by atoms with van der Waals surface area (Å²) in [6, 6.07) is 32.9. The van der Waals surface area contributed by atoms with Crippen molar-refractivity contribution in [1.82, 2.24) is 0 Å². The van der Waals surface area contributed by atoms with Crippen LogP contribution in [-0.2, 0) is 33.4 Å². The summed E-state index contributed by atoms with van der Waals surface area (Å²) in [6.07, 6.45) is 12.4. The minimum absolute atomic E-state index is 0.707. The third-order valence-corrected chi connectivity index (χ3v) is 40.9. The van der Waals surface area contributed by atoms with E-state index in [1.54, 1.807) is 33.4 Å². The third kappa shape index (κ3) is 5.67. The molecule has 4 aromatic carbocycles. The van der Waals surface area contributed by atoms with E-state index in [1.807, 2.05) is 0 Å². The number of aryl methyl sites for hydroxylation is 2. The first-order chi connectivity index (χ1) is 21.5. The summed E-state index contributed by atoms with van der Waals surface area (Å²) in [5.41, 5.74) is 18.7. The molecule has 0 aliphatic heterocycles. The summed E-state index contributed by atoms with van der Waals surface area (Å²) < 4.78 is 1.41. The molecule has 0 nitrogen and oxygen atoms in total. The molecule has 2 aliphatic carbocycles. The molecule has 2 atom stereocenters. The van der Waals surface area contributed by atoms with Crippen LogP contribution in [0.15, 0.2) is 96.1 Å². The van der Waals surface area contributed by atoms with Crippen LogP contribution in [0.4, 0.5) is 0 Å². The summed E-state index contributed by atoms with van der Waals surface area (Å²) in [6.45, 7) is 14.8. The third-order valence-electron chi connectivity index (χ3n) is 10.1. The minimum atomic E-state index is -2.38. The molecule has 225 valence electrons. The standard InChI is InChI=1S/2C20H21.C2H7Si.Hf/c2*1-3-8-15-13-17-10-7-12-19(20(17)14-15)18-11-6-5-9-16(18)4-2;1-3-2;/h2*5-7,9-14H,3-4,8H2,1-2H3;3H,1-2H3;. The van der Waals surface area contributed by atoms with Gasteiger partial charge in [0.1, 0.15) is 0 Å². The van der Waals surface area contributed by atoms with E-state index >= 15 is 0 Å². The number of fused-ring (bicyclic) bond motifs is 2. The second-order valence-electron chi connectivity index (χ2n) is 13.1. The van der Waals surface area contributed by atoms with Gasteiger partial charge in [0, 0.05) is 0 Å². The summed E-state index contributed by atoms with van der Waals surface area (Å²) in [5, 5.41) is 0. The molecule has 2 aliphatic rings. The maximum atomic E-state index is 2.72. The fourth-order valence-electron chi connectivity index (χ4n) is 8.21. The van der Waals surface area contributed by atoms with Crippen LogP contribution >= 0.6 is 0 Å². The van der Waals surface area contributed by atoms with E-state index in [9.17, 15) is 0 Å². The van der Waals surface area contributed by atoms with Crippen molar-refractivity contribution < 1.29 is 20.6 Å². The van der Waals surface area contributed by atoms with Gasteiger partial charge in [0.25, 0.3) is 0 Å². The van der Waals surface area contributed by atoms with Crippen molar-refractivity contribution in [3.8, 4) is 22.3 Å². The fraction of sp³-hybridized carbons (Fsp3) is 0.333. The zero-order valence-electron chi connectivity index (χ0n) is 27.7. The Morgan fingerprint density at radius 3 is 1.32 bits per heavy atom. The van der Waals surface area contributed by atoms with Crippen LogP contribution in [0.25, 0.3) is 34.4 Å². The second-order valence-corrected chi connectivity index (χ2v) is 41.1. The number of hydrogen-bond acceptors (Lipinski definition) is 0. The van der Waals surface area contributed by atoms with Gasteiger partial charge in [0.2, 0.25) is 0 Å². The zero-order chi connectivity index (χ0) is 30.8. The fourth-order valence-corrected chi connectivity index (χ4v) is 40.7. The molecule has 2 unspecified atom stereocenters. The molecular weight excluding hydrogens is 711 g/mol. The van der Waals surface area contributed by atoms with Gasteiger partial charge in [-0.15, -0.1) is 0 Å². The SMILES string of the molecule is CCCC1=Cc2c(-c3ccccc3CC)cccc2[CH]1[Hf]([CH]1C(CCC)=Cc2c(-c3ccccc3CC)cccc21)[SiH](C)C. The van der Waals surface area contributed by atoms with Crippen molar-refractivity contribution in [2.24, 2.45) is 0 Å². The van der Waals surface area contributed by atoms with E-state index in [4.69, 9.17) is 0 Å². The van der Waals surface area contributed by atoms with Crippen LogP contribution in [0, 0.1) is 0 Å². The van der Waals surface area contributed by atoms with Crippen molar-refractivity contribution in [1.29, 1.82) is 0 Å². The quantitative estimate of drug-likeness (QED) is 0.134. The van der Waals surface area contributed by atoms with Crippen LogP contribution < -0.4 is 0 Å². The van der Waals surface area contributed by atoms with E-state index in [-0.39, 0.29) is 0 Å². The Kier molecular flexibility index (Phi) is 9.88. The van der Waals surface area contributed by atoms with Gasteiger partial charge in [-0.2, -0.15) is 0 Å². The Morgan fingerprint density at radius 1 is 0.523 bits per heavy atom. The monoisotopic (exact) mass is 761 g/mol. The van der Waals surface area contributed by atoms with Crippen molar-refractivity contribution in [2.45, 2.75) is 86.7 Å². The molecule has 0 spiro atoms. The molecule has 0 saturated carbocycles. The van der Waals surface area contributed by atoms with Crippen LogP contribution in [0.2, 0.25) is 13.1 Å². The number of allylic oxidation sites excluding steroid dienone is 2. The zero-order valence-corrected chi connectivity index (χ0v) is 32.5. The van der Waals surface area contributed by atoms with E-state index in [0.29, 0.717) is 7.35 Å². The number of hydrogen-bond donors (Lipinski definition) is 0. The predicted octanol–water partition coefficient (Wildman–Crippen LogP) is 11.9.